The number of aromatic nitrogens is 3. The first kappa shape index (κ1) is 15.3. The summed E-state index contributed by atoms with van der Waals surface area (Å²) in [6.07, 6.45) is 6.00. The Morgan fingerprint density at radius 1 is 1.32 bits per heavy atom. The van der Waals surface area contributed by atoms with Gasteiger partial charge in [0, 0.05) is 11.6 Å². The van der Waals surface area contributed by atoms with Crippen LogP contribution in [0.4, 0.5) is 0 Å². The van der Waals surface area contributed by atoms with Crippen LogP contribution in [0.5, 0.6) is 0 Å². The number of hydrogen-bond acceptors (Lipinski definition) is 4. The second-order valence-electron chi connectivity index (χ2n) is 5.66. The molecule has 2 aromatic rings. The highest BCUT2D eigenvalue weighted by Gasteiger charge is 2.26. The van der Waals surface area contributed by atoms with Gasteiger partial charge in [0.1, 0.15) is 6.33 Å². The maximum absolute atomic E-state index is 12.6. The molecule has 0 spiro atoms. The fraction of sp³-hybridized carbons (Fsp3) is 0.471. The molecule has 0 atom stereocenters. The first-order valence-corrected chi connectivity index (χ1v) is 8.88. The molecule has 22 heavy (non-hydrogen) atoms. The highest BCUT2D eigenvalue weighted by Crippen LogP contribution is 2.37. The van der Waals surface area contributed by atoms with Gasteiger partial charge in [-0.25, -0.2) is 0 Å². The summed E-state index contributed by atoms with van der Waals surface area (Å²) in [5, 5.41) is 8.98. The van der Waals surface area contributed by atoms with E-state index in [9.17, 15) is 4.79 Å². The molecule has 0 N–H and O–H groups in total. The third kappa shape index (κ3) is 3.24. The van der Waals surface area contributed by atoms with Crippen molar-refractivity contribution in [3.05, 3.63) is 41.2 Å². The number of aryl methyl sites for hydroxylation is 2. The Morgan fingerprint density at radius 2 is 2.14 bits per heavy atom. The van der Waals surface area contributed by atoms with Crippen LogP contribution >= 0.6 is 11.8 Å². The second-order valence-corrected chi connectivity index (χ2v) is 6.60. The first-order chi connectivity index (χ1) is 10.7. The number of carbonyl (C=O) groups excluding carboxylic acids is 1. The zero-order chi connectivity index (χ0) is 15.5. The smallest absolute Gasteiger partial charge is 0.191 e. The molecule has 4 nitrogen and oxygen atoms in total. The van der Waals surface area contributed by atoms with Gasteiger partial charge in [0.25, 0.3) is 0 Å². The summed E-state index contributed by atoms with van der Waals surface area (Å²) in [6, 6.07) is 6.80. The van der Waals surface area contributed by atoms with Gasteiger partial charge in [0.2, 0.25) is 0 Å². The maximum atomic E-state index is 12.6. The lowest BCUT2D eigenvalue weighted by Gasteiger charge is -2.09. The average Bonchev–Trinajstić information content (AvgIpc) is 3.30. The molecule has 116 valence electrons. The Morgan fingerprint density at radius 3 is 2.82 bits per heavy atom. The fourth-order valence-electron chi connectivity index (χ4n) is 2.56. The number of Topliss-reactive ketones (excluding diaryl/α,β-unsaturated/α-hetero) is 1. The van der Waals surface area contributed by atoms with E-state index in [1.165, 1.54) is 30.2 Å². The molecular weight excluding hydrogens is 294 g/mol. The van der Waals surface area contributed by atoms with E-state index in [1.54, 1.807) is 6.33 Å². The molecule has 5 heteroatoms. The molecule has 1 aromatic carbocycles. The zero-order valence-electron chi connectivity index (χ0n) is 13.1. The van der Waals surface area contributed by atoms with Gasteiger partial charge in [-0.2, -0.15) is 0 Å². The van der Waals surface area contributed by atoms with Crippen molar-refractivity contribution in [3.63, 3.8) is 0 Å². The van der Waals surface area contributed by atoms with Crippen LogP contribution in [0.15, 0.2) is 29.7 Å². The molecule has 1 fully saturated rings. The third-order valence-corrected chi connectivity index (χ3v) is 5.03. The van der Waals surface area contributed by atoms with Gasteiger partial charge in [-0.05, 0) is 42.9 Å². The Balaban J connectivity index is 1.72. The van der Waals surface area contributed by atoms with Crippen LogP contribution in [0.3, 0.4) is 0 Å². The molecule has 3 rings (SSSR count). The van der Waals surface area contributed by atoms with Gasteiger partial charge < -0.3 is 4.57 Å². The minimum Gasteiger partial charge on any atom is -0.306 e. The average molecular weight is 315 g/mol. The largest absolute Gasteiger partial charge is 0.306 e. The van der Waals surface area contributed by atoms with Gasteiger partial charge in [-0.3, -0.25) is 4.79 Å². The van der Waals surface area contributed by atoms with Crippen LogP contribution in [0, 0.1) is 0 Å². The predicted molar refractivity (Wildman–Crippen MR) is 88.5 cm³/mol. The highest BCUT2D eigenvalue weighted by atomic mass is 32.2. The molecule has 0 bridgehead atoms. The van der Waals surface area contributed by atoms with Crippen molar-refractivity contribution in [3.8, 4) is 0 Å². The SMILES string of the molecule is CCc1ccc(CC)c(C(=O)CSc2nncn2C2CC2)c1. The summed E-state index contributed by atoms with van der Waals surface area (Å²) in [6.45, 7) is 4.21. The summed E-state index contributed by atoms with van der Waals surface area (Å²) < 4.78 is 2.10. The summed E-state index contributed by atoms with van der Waals surface area (Å²) in [5.41, 5.74) is 3.21. The van der Waals surface area contributed by atoms with E-state index < -0.39 is 0 Å². The molecule has 0 saturated heterocycles. The molecule has 1 aliphatic rings. The minimum atomic E-state index is 0.183. The first-order valence-electron chi connectivity index (χ1n) is 7.90. The number of ketones is 1. The Labute approximate surface area is 135 Å². The van der Waals surface area contributed by atoms with Gasteiger partial charge in [-0.15, -0.1) is 10.2 Å². The lowest BCUT2D eigenvalue weighted by atomic mass is 9.98. The molecule has 0 radical (unpaired) electrons. The van der Waals surface area contributed by atoms with E-state index in [-0.39, 0.29) is 5.78 Å². The summed E-state index contributed by atoms with van der Waals surface area (Å²) in [5.74, 6) is 0.605. The van der Waals surface area contributed by atoms with E-state index in [0.717, 1.165) is 29.1 Å². The quantitative estimate of drug-likeness (QED) is 0.577. The van der Waals surface area contributed by atoms with Crippen LogP contribution in [-0.4, -0.2) is 26.3 Å². The van der Waals surface area contributed by atoms with E-state index in [4.69, 9.17) is 0 Å². The molecule has 1 saturated carbocycles. The van der Waals surface area contributed by atoms with Gasteiger partial charge in [-0.1, -0.05) is 37.7 Å². The number of carbonyl (C=O) groups is 1. The van der Waals surface area contributed by atoms with Crippen molar-refractivity contribution < 1.29 is 4.79 Å². The monoisotopic (exact) mass is 315 g/mol. The van der Waals surface area contributed by atoms with Crippen LogP contribution < -0.4 is 0 Å². The third-order valence-electron chi connectivity index (χ3n) is 4.08. The molecule has 1 aliphatic carbocycles. The van der Waals surface area contributed by atoms with Gasteiger partial charge >= 0.3 is 0 Å². The molecule has 0 amide bonds. The minimum absolute atomic E-state index is 0.183. The van der Waals surface area contributed by atoms with E-state index in [2.05, 4.69) is 40.7 Å². The number of benzene rings is 1. The molecular formula is C17H21N3OS. The summed E-state index contributed by atoms with van der Waals surface area (Å²) >= 11 is 1.50. The fourth-order valence-corrected chi connectivity index (χ4v) is 3.42. The van der Waals surface area contributed by atoms with E-state index in [1.807, 2.05) is 6.07 Å². The second kappa shape index (κ2) is 6.65. The number of nitrogens with zero attached hydrogens (tertiary/aromatic N) is 3. The molecule has 0 unspecified atom stereocenters. The van der Waals surface area contributed by atoms with Crippen molar-refractivity contribution in [2.24, 2.45) is 0 Å². The van der Waals surface area contributed by atoms with Crippen LogP contribution in [0.2, 0.25) is 0 Å². The van der Waals surface area contributed by atoms with Crippen molar-refractivity contribution in [1.29, 1.82) is 0 Å². The Kier molecular flexibility index (Phi) is 4.62. The maximum Gasteiger partial charge on any atom is 0.191 e. The molecule has 0 aliphatic heterocycles. The Bertz CT molecular complexity index is 676. The molecule has 1 heterocycles. The summed E-state index contributed by atoms with van der Waals surface area (Å²) in [7, 11) is 0. The standard InChI is InChI=1S/C17H21N3OS/c1-3-12-5-6-13(4-2)15(9-12)16(21)10-22-17-19-18-11-20(17)14-7-8-14/h5-6,9,11,14H,3-4,7-8,10H2,1-2H3. The van der Waals surface area contributed by atoms with Crippen LogP contribution in [0.1, 0.15) is 54.2 Å². The topological polar surface area (TPSA) is 47.8 Å². The van der Waals surface area contributed by atoms with Gasteiger partial charge in [0.15, 0.2) is 10.9 Å². The normalized spacial score (nSPS) is 14.3. The zero-order valence-corrected chi connectivity index (χ0v) is 13.9. The van der Waals surface area contributed by atoms with Gasteiger partial charge in [0.05, 0.1) is 5.75 Å². The number of rotatable bonds is 7. The number of hydrogen-bond donors (Lipinski definition) is 0. The van der Waals surface area contributed by atoms with Crippen LogP contribution in [0.25, 0.3) is 0 Å². The lowest BCUT2D eigenvalue weighted by molar-refractivity contribution is 0.102. The van der Waals surface area contributed by atoms with Crippen molar-refractivity contribution in [2.45, 2.75) is 50.7 Å². The van der Waals surface area contributed by atoms with Crippen molar-refractivity contribution in [2.75, 3.05) is 5.75 Å². The van der Waals surface area contributed by atoms with Crippen molar-refractivity contribution in [1.82, 2.24) is 14.8 Å². The van der Waals surface area contributed by atoms with E-state index in [0.29, 0.717) is 11.8 Å². The van der Waals surface area contributed by atoms with Crippen LogP contribution in [-0.2, 0) is 12.8 Å². The van der Waals surface area contributed by atoms with E-state index >= 15 is 0 Å². The predicted octanol–water partition coefficient (Wildman–Crippen LogP) is 3.71. The number of thioether (sulfide) groups is 1. The molecule has 1 aromatic heterocycles. The summed E-state index contributed by atoms with van der Waals surface area (Å²) in [4.78, 5) is 12.6. The highest BCUT2D eigenvalue weighted by molar-refractivity contribution is 7.99. The van der Waals surface area contributed by atoms with Crippen molar-refractivity contribution >= 4 is 17.5 Å². The Hall–Kier alpha value is -1.62. The lowest BCUT2D eigenvalue weighted by Crippen LogP contribution is -2.08.